The van der Waals surface area contributed by atoms with Gasteiger partial charge in [-0.05, 0) is 57.0 Å². The molecule has 2 rings (SSSR count). The van der Waals surface area contributed by atoms with Crippen LogP contribution in [-0.4, -0.2) is 60.5 Å². The maximum Gasteiger partial charge on any atom is 0.324 e. The molecule has 0 spiro atoms. The Balaban J connectivity index is 2.22. The number of benzene rings is 1. The van der Waals surface area contributed by atoms with Crippen LogP contribution in [0.1, 0.15) is 38.8 Å². The number of fused-ring (bicyclic) bond motifs is 1. The highest BCUT2D eigenvalue weighted by molar-refractivity contribution is 5.98. The topological polar surface area (TPSA) is 88.2 Å². The molecule has 0 saturated carbocycles. The molecule has 0 fully saturated rings. The second kappa shape index (κ2) is 9.45. The van der Waals surface area contributed by atoms with Gasteiger partial charge in [0, 0.05) is 18.3 Å². The maximum atomic E-state index is 12.8. The van der Waals surface area contributed by atoms with Crippen LogP contribution in [0.3, 0.4) is 0 Å². The van der Waals surface area contributed by atoms with Crippen molar-refractivity contribution in [3.05, 3.63) is 29.5 Å². The van der Waals surface area contributed by atoms with E-state index >= 15 is 0 Å². The largest absolute Gasteiger partial charge is 0.493 e. The van der Waals surface area contributed by atoms with E-state index in [1.807, 2.05) is 13.8 Å². The molecular weight excluding hydrogens is 374 g/mol. The fraction of sp³-hybridized carbons (Fsp3) is 0.476. The summed E-state index contributed by atoms with van der Waals surface area (Å²) in [6.45, 7) is 6.93. The summed E-state index contributed by atoms with van der Waals surface area (Å²) in [5, 5.41) is 2.72. The fourth-order valence-electron chi connectivity index (χ4n) is 3.08. The number of amides is 4. The standard InChI is InChI=1S/C21H29N3O5/c1-13(2)22-21(27)24(14(3)4)20(26)12-23-8-7-15-9-17(28-5)18(29-6)10-16(15)11-19(23)25/h7-10,13-14H,11-12H2,1-6H3,(H,22,27). The first-order valence-corrected chi connectivity index (χ1v) is 9.53. The van der Waals surface area contributed by atoms with Crippen LogP contribution in [0, 0.1) is 0 Å². The third-order valence-electron chi connectivity index (χ3n) is 4.46. The predicted octanol–water partition coefficient (Wildman–Crippen LogP) is 2.41. The Bertz CT molecular complexity index is 817. The highest BCUT2D eigenvalue weighted by Gasteiger charge is 2.28. The van der Waals surface area contributed by atoms with Crippen LogP contribution in [0.25, 0.3) is 6.08 Å². The minimum absolute atomic E-state index is 0.101. The minimum atomic E-state index is -0.469. The van der Waals surface area contributed by atoms with E-state index in [1.165, 1.54) is 12.0 Å². The molecular formula is C21H29N3O5. The molecule has 29 heavy (non-hydrogen) atoms. The normalized spacial score (nSPS) is 13.2. The van der Waals surface area contributed by atoms with Crippen molar-refractivity contribution in [3.8, 4) is 11.5 Å². The number of nitrogens with one attached hydrogen (secondary N) is 1. The number of imide groups is 1. The number of hydrogen-bond donors (Lipinski definition) is 1. The van der Waals surface area contributed by atoms with Gasteiger partial charge in [0.15, 0.2) is 11.5 Å². The molecule has 0 aromatic heterocycles. The average molecular weight is 403 g/mol. The lowest BCUT2D eigenvalue weighted by molar-refractivity contribution is -0.137. The minimum Gasteiger partial charge on any atom is -0.493 e. The number of rotatable bonds is 6. The molecule has 8 heteroatoms. The van der Waals surface area contributed by atoms with Crippen LogP contribution >= 0.6 is 0 Å². The first kappa shape index (κ1) is 22.3. The lowest BCUT2D eigenvalue weighted by atomic mass is 10.0. The molecule has 4 amide bonds. The van der Waals surface area contributed by atoms with E-state index in [0.29, 0.717) is 11.5 Å². The Kier molecular flexibility index (Phi) is 7.25. The molecule has 0 bridgehead atoms. The summed E-state index contributed by atoms with van der Waals surface area (Å²) in [7, 11) is 3.08. The fourth-order valence-corrected chi connectivity index (χ4v) is 3.08. The highest BCUT2D eigenvalue weighted by Crippen LogP contribution is 2.32. The van der Waals surface area contributed by atoms with E-state index in [4.69, 9.17) is 9.47 Å². The molecule has 1 aliphatic heterocycles. The van der Waals surface area contributed by atoms with Crippen molar-refractivity contribution in [2.75, 3.05) is 20.8 Å². The Hall–Kier alpha value is -3.03. The molecule has 1 aromatic rings. The Morgan fingerprint density at radius 2 is 1.76 bits per heavy atom. The number of hydrogen-bond acceptors (Lipinski definition) is 5. The number of urea groups is 1. The Morgan fingerprint density at radius 1 is 1.14 bits per heavy atom. The van der Waals surface area contributed by atoms with Crippen molar-refractivity contribution >= 4 is 23.9 Å². The average Bonchev–Trinajstić information content (AvgIpc) is 2.78. The maximum absolute atomic E-state index is 12.8. The Morgan fingerprint density at radius 3 is 2.31 bits per heavy atom. The number of carbonyl (C=O) groups is 3. The Labute approximate surface area is 171 Å². The van der Waals surface area contributed by atoms with Crippen LogP contribution in [-0.2, 0) is 16.0 Å². The molecule has 1 aliphatic rings. The van der Waals surface area contributed by atoms with Gasteiger partial charge in [-0.2, -0.15) is 0 Å². The lowest BCUT2D eigenvalue weighted by Gasteiger charge is -2.28. The van der Waals surface area contributed by atoms with Crippen molar-refractivity contribution in [1.29, 1.82) is 0 Å². The third-order valence-corrected chi connectivity index (χ3v) is 4.46. The zero-order chi connectivity index (χ0) is 21.7. The first-order chi connectivity index (χ1) is 13.7. The van der Waals surface area contributed by atoms with E-state index in [9.17, 15) is 14.4 Å². The molecule has 0 radical (unpaired) electrons. The molecule has 0 unspecified atom stereocenters. The van der Waals surface area contributed by atoms with Crippen LogP contribution in [0.2, 0.25) is 0 Å². The van der Waals surface area contributed by atoms with E-state index < -0.39 is 11.9 Å². The molecule has 8 nitrogen and oxygen atoms in total. The van der Waals surface area contributed by atoms with Gasteiger partial charge < -0.3 is 19.7 Å². The second-order valence-electron chi connectivity index (χ2n) is 7.38. The van der Waals surface area contributed by atoms with Crippen molar-refractivity contribution in [1.82, 2.24) is 15.1 Å². The van der Waals surface area contributed by atoms with Crippen molar-refractivity contribution in [2.45, 2.75) is 46.2 Å². The van der Waals surface area contributed by atoms with Gasteiger partial charge in [-0.25, -0.2) is 4.79 Å². The third kappa shape index (κ3) is 5.28. The summed E-state index contributed by atoms with van der Waals surface area (Å²) in [6.07, 6.45) is 3.43. The van der Waals surface area contributed by atoms with Gasteiger partial charge in [0.05, 0.1) is 20.6 Å². The molecule has 1 aromatic carbocycles. The molecule has 0 saturated heterocycles. The molecule has 1 heterocycles. The van der Waals surface area contributed by atoms with Gasteiger partial charge >= 0.3 is 6.03 Å². The second-order valence-corrected chi connectivity index (χ2v) is 7.38. The number of nitrogens with zero attached hydrogens (tertiary/aromatic N) is 2. The summed E-state index contributed by atoms with van der Waals surface area (Å²) >= 11 is 0. The van der Waals surface area contributed by atoms with Gasteiger partial charge in [-0.1, -0.05) is 0 Å². The van der Waals surface area contributed by atoms with Crippen molar-refractivity contribution in [2.24, 2.45) is 0 Å². The lowest BCUT2D eigenvalue weighted by Crippen LogP contribution is -2.52. The van der Waals surface area contributed by atoms with E-state index in [2.05, 4.69) is 5.32 Å². The zero-order valence-corrected chi connectivity index (χ0v) is 17.8. The van der Waals surface area contributed by atoms with Crippen LogP contribution in [0.5, 0.6) is 11.5 Å². The van der Waals surface area contributed by atoms with E-state index in [-0.39, 0.29) is 31.0 Å². The summed E-state index contributed by atoms with van der Waals surface area (Å²) in [5.74, 6) is 0.406. The monoisotopic (exact) mass is 403 g/mol. The van der Waals surface area contributed by atoms with Gasteiger partial charge in [0.2, 0.25) is 5.91 Å². The quantitative estimate of drug-likeness (QED) is 0.788. The molecule has 0 atom stereocenters. The molecule has 1 N–H and O–H groups in total. The van der Waals surface area contributed by atoms with Crippen molar-refractivity contribution < 1.29 is 23.9 Å². The van der Waals surface area contributed by atoms with Gasteiger partial charge in [0.25, 0.3) is 5.91 Å². The summed E-state index contributed by atoms with van der Waals surface area (Å²) in [5.41, 5.74) is 1.58. The van der Waals surface area contributed by atoms with Crippen LogP contribution in [0.4, 0.5) is 4.79 Å². The summed E-state index contributed by atoms with van der Waals surface area (Å²) in [4.78, 5) is 40.4. The van der Waals surface area contributed by atoms with Crippen LogP contribution < -0.4 is 14.8 Å². The summed E-state index contributed by atoms with van der Waals surface area (Å²) in [6, 6.07) is 2.65. The zero-order valence-electron chi connectivity index (χ0n) is 17.8. The number of ether oxygens (including phenoxy) is 2. The van der Waals surface area contributed by atoms with E-state index in [1.54, 1.807) is 45.4 Å². The van der Waals surface area contributed by atoms with Gasteiger partial charge in [-0.3, -0.25) is 14.5 Å². The highest BCUT2D eigenvalue weighted by atomic mass is 16.5. The van der Waals surface area contributed by atoms with Gasteiger partial charge in [-0.15, -0.1) is 0 Å². The van der Waals surface area contributed by atoms with Gasteiger partial charge in [0.1, 0.15) is 6.54 Å². The van der Waals surface area contributed by atoms with Crippen molar-refractivity contribution in [3.63, 3.8) is 0 Å². The SMILES string of the molecule is COc1cc2c(cc1OC)CC(=O)N(CC(=O)N(C(=O)NC(C)C)C(C)C)C=C2. The van der Waals surface area contributed by atoms with Crippen LogP contribution in [0.15, 0.2) is 18.3 Å². The summed E-state index contributed by atoms with van der Waals surface area (Å²) < 4.78 is 10.6. The smallest absolute Gasteiger partial charge is 0.324 e. The molecule has 0 aliphatic carbocycles. The number of carbonyl (C=O) groups excluding carboxylic acids is 3. The molecule has 158 valence electrons. The first-order valence-electron chi connectivity index (χ1n) is 9.53. The predicted molar refractivity (Wildman–Crippen MR) is 110 cm³/mol. The van der Waals surface area contributed by atoms with E-state index in [0.717, 1.165) is 16.0 Å². The number of methoxy groups -OCH3 is 2.